The summed E-state index contributed by atoms with van der Waals surface area (Å²) in [5.41, 5.74) is 2.33. The Bertz CT molecular complexity index is 334. The second-order valence-electron chi connectivity index (χ2n) is 3.08. The Balaban J connectivity index is 3.04. The van der Waals surface area contributed by atoms with Gasteiger partial charge >= 0.3 is 0 Å². The second-order valence-corrected chi connectivity index (χ2v) is 3.88. The summed E-state index contributed by atoms with van der Waals surface area (Å²) in [6, 6.07) is 3.92. The molecular formula is C11H13BrO2. The number of carbonyl (C=O) groups excluding carboxylic acids is 1. The molecule has 2 nitrogen and oxygen atoms in total. The Kier molecular flexibility index (Phi) is 4.14. The minimum Gasteiger partial charge on any atom is -0.496 e. The lowest BCUT2D eigenvalue weighted by Gasteiger charge is -2.10. The van der Waals surface area contributed by atoms with Crippen LogP contribution in [0.3, 0.4) is 0 Å². The Hall–Kier alpha value is -0.830. The number of aryl methyl sites for hydroxylation is 1. The van der Waals surface area contributed by atoms with E-state index in [1.54, 1.807) is 7.11 Å². The third-order valence-corrected chi connectivity index (χ3v) is 3.04. The number of benzene rings is 1. The zero-order valence-electron chi connectivity index (χ0n) is 8.34. The van der Waals surface area contributed by atoms with Gasteiger partial charge in [0.25, 0.3) is 0 Å². The van der Waals surface area contributed by atoms with Gasteiger partial charge in [-0.2, -0.15) is 0 Å². The fourth-order valence-electron chi connectivity index (χ4n) is 1.36. The molecule has 0 aliphatic heterocycles. The fraction of sp³-hybridized carbons (Fsp3) is 0.364. The van der Waals surface area contributed by atoms with Crippen LogP contribution >= 0.6 is 15.9 Å². The second kappa shape index (κ2) is 5.15. The van der Waals surface area contributed by atoms with Gasteiger partial charge in [-0.05, 0) is 46.5 Å². The van der Waals surface area contributed by atoms with Crippen molar-refractivity contribution >= 4 is 22.2 Å². The molecule has 0 aromatic heterocycles. The summed E-state index contributed by atoms with van der Waals surface area (Å²) in [7, 11) is 1.64. The number of ether oxygens (including phenoxy) is 1. The molecule has 0 aliphatic rings. The number of aldehydes is 1. The molecule has 0 bridgehead atoms. The summed E-state index contributed by atoms with van der Waals surface area (Å²) in [5.74, 6) is 0.816. The van der Waals surface area contributed by atoms with Crippen LogP contribution in [0.4, 0.5) is 0 Å². The van der Waals surface area contributed by atoms with Gasteiger partial charge in [0.2, 0.25) is 0 Å². The average molecular weight is 257 g/mol. The van der Waals surface area contributed by atoms with E-state index in [1.165, 1.54) is 5.56 Å². The quantitative estimate of drug-likeness (QED) is 0.775. The molecule has 1 rings (SSSR count). The van der Waals surface area contributed by atoms with Crippen LogP contribution in [0.5, 0.6) is 5.75 Å². The molecule has 0 fully saturated rings. The topological polar surface area (TPSA) is 26.3 Å². The van der Waals surface area contributed by atoms with E-state index in [0.717, 1.165) is 28.5 Å². The van der Waals surface area contributed by atoms with Gasteiger partial charge in [0.1, 0.15) is 12.0 Å². The van der Waals surface area contributed by atoms with Crippen molar-refractivity contribution in [2.45, 2.75) is 19.8 Å². The molecule has 0 heterocycles. The van der Waals surface area contributed by atoms with Crippen LogP contribution in [0.25, 0.3) is 0 Å². The van der Waals surface area contributed by atoms with Crippen molar-refractivity contribution in [3.8, 4) is 5.75 Å². The highest BCUT2D eigenvalue weighted by Crippen LogP contribution is 2.31. The predicted molar refractivity (Wildman–Crippen MR) is 59.8 cm³/mol. The van der Waals surface area contributed by atoms with E-state index in [4.69, 9.17) is 4.74 Å². The predicted octanol–water partition coefficient (Wildman–Crippen LogP) is 2.90. The molecule has 1 aromatic rings. The Morgan fingerprint density at radius 1 is 1.50 bits per heavy atom. The largest absolute Gasteiger partial charge is 0.496 e. The summed E-state index contributed by atoms with van der Waals surface area (Å²) >= 11 is 3.48. The molecule has 1 aromatic carbocycles. The van der Waals surface area contributed by atoms with Gasteiger partial charge in [-0.25, -0.2) is 0 Å². The maximum Gasteiger partial charge on any atom is 0.133 e. The van der Waals surface area contributed by atoms with Crippen molar-refractivity contribution in [1.82, 2.24) is 0 Å². The molecule has 76 valence electrons. The normalized spacial score (nSPS) is 9.93. The van der Waals surface area contributed by atoms with Crippen LogP contribution in [0.2, 0.25) is 0 Å². The van der Waals surface area contributed by atoms with E-state index in [0.29, 0.717) is 6.42 Å². The first-order valence-corrected chi connectivity index (χ1v) is 5.25. The number of hydrogen-bond acceptors (Lipinski definition) is 2. The van der Waals surface area contributed by atoms with E-state index in [1.807, 2.05) is 19.1 Å². The Morgan fingerprint density at radius 3 is 2.79 bits per heavy atom. The van der Waals surface area contributed by atoms with Crippen LogP contribution in [0, 0.1) is 6.92 Å². The molecule has 0 saturated heterocycles. The first-order chi connectivity index (χ1) is 6.70. The van der Waals surface area contributed by atoms with Crippen molar-refractivity contribution < 1.29 is 9.53 Å². The van der Waals surface area contributed by atoms with E-state index >= 15 is 0 Å². The van der Waals surface area contributed by atoms with Gasteiger partial charge < -0.3 is 9.53 Å². The SMILES string of the molecule is COc1ccc(C)c(CCC=O)c1Br. The standard InChI is InChI=1S/C11H13BrO2/c1-8-5-6-10(14-2)11(12)9(8)4-3-7-13/h5-7H,3-4H2,1-2H3. The van der Waals surface area contributed by atoms with Crippen molar-refractivity contribution in [2.24, 2.45) is 0 Å². The van der Waals surface area contributed by atoms with Gasteiger partial charge in [-0.15, -0.1) is 0 Å². The Morgan fingerprint density at radius 2 is 2.21 bits per heavy atom. The summed E-state index contributed by atoms with van der Waals surface area (Å²) in [6.07, 6.45) is 2.24. The van der Waals surface area contributed by atoms with E-state index in [-0.39, 0.29) is 0 Å². The molecule has 3 heteroatoms. The van der Waals surface area contributed by atoms with Gasteiger partial charge in [0.05, 0.1) is 11.6 Å². The van der Waals surface area contributed by atoms with E-state index in [2.05, 4.69) is 15.9 Å². The number of hydrogen-bond donors (Lipinski definition) is 0. The summed E-state index contributed by atoms with van der Waals surface area (Å²) < 4.78 is 6.15. The van der Waals surface area contributed by atoms with Crippen LogP contribution in [-0.2, 0) is 11.2 Å². The molecule has 0 aliphatic carbocycles. The van der Waals surface area contributed by atoms with Crippen LogP contribution < -0.4 is 4.74 Å². The van der Waals surface area contributed by atoms with E-state index in [9.17, 15) is 4.79 Å². The monoisotopic (exact) mass is 256 g/mol. The van der Waals surface area contributed by atoms with Gasteiger partial charge in [-0.1, -0.05) is 6.07 Å². The third-order valence-electron chi connectivity index (χ3n) is 2.17. The van der Waals surface area contributed by atoms with Crippen molar-refractivity contribution in [3.63, 3.8) is 0 Å². The van der Waals surface area contributed by atoms with Crippen LogP contribution in [0.15, 0.2) is 16.6 Å². The number of halogens is 1. The van der Waals surface area contributed by atoms with Crippen molar-refractivity contribution in [2.75, 3.05) is 7.11 Å². The molecule has 0 spiro atoms. The molecule has 0 unspecified atom stereocenters. The lowest BCUT2D eigenvalue weighted by molar-refractivity contribution is -0.107. The van der Waals surface area contributed by atoms with Gasteiger partial charge in [0, 0.05) is 6.42 Å². The van der Waals surface area contributed by atoms with Gasteiger partial charge in [0.15, 0.2) is 0 Å². The zero-order valence-corrected chi connectivity index (χ0v) is 9.93. The lowest BCUT2D eigenvalue weighted by atomic mass is 10.0. The molecule has 0 radical (unpaired) electrons. The fourth-order valence-corrected chi connectivity index (χ4v) is 2.17. The lowest BCUT2D eigenvalue weighted by Crippen LogP contribution is -1.95. The molecule has 14 heavy (non-hydrogen) atoms. The first kappa shape index (κ1) is 11.2. The molecule has 0 saturated carbocycles. The van der Waals surface area contributed by atoms with Crippen LogP contribution in [-0.4, -0.2) is 13.4 Å². The van der Waals surface area contributed by atoms with E-state index < -0.39 is 0 Å². The van der Waals surface area contributed by atoms with Crippen molar-refractivity contribution in [3.05, 3.63) is 27.7 Å². The van der Waals surface area contributed by atoms with Crippen molar-refractivity contribution in [1.29, 1.82) is 0 Å². The highest BCUT2D eigenvalue weighted by Gasteiger charge is 2.08. The minimum absolute atomic E-state index is 0.548. The maximum absolute atomic E-state index is 10.3. The summed E-state index contributed by atoms with van der Waals surface area (Å²) in [5, 5.41) is 0. The average Bonchev–Trinajstić information content (AvgIpc) is 2.18. The molecule has 0 atom stereocenters. The maximum atomic E-state index is 10.3. The molecular weight excluding hydrogens is 244 g/mol. The summed E-state index contributed by atoms with van der Waals surface area (Å²) in [6.45, 7) is 2.03. The summed E-state index contributed by atoms with van der Waals surface area (Å²) in [4.78, 5) is 10.3. The molecule has 0 N–H and O–H groups in total. The van der Waals surface area contributed by atoms with Crippen LogP contribution in [0.1, 0.15) is 17.5 Å². The highest BCUT2D eigenvalue weighted by atomic mass is 79.9. The third kappa shape index (κ3) is 2.35. The molecule has 0 amide bonds. The van der Waals surface area contributed by atoms with Gasteiger partial charge in [-0.3, -0.25) is 0 Å². The number of carbonyl (C=O) groups is 1. The minimum atomic E-state index is 0.548. The first-order valence-electron chi connectivity index (χ1n) is 4.46. The number of rotatable bonds is 4. The highest BCUT2D eigenvalue weighted by molar-refractivity contribution is 9.10. The smallest absolute Gasteiger partial charge is 0.133 e. The zero-order chi connectivity index (χ0) is 10.6. The number of methoxy groups -OCH3 is 1. The Labute approximate surface area is 92.4 Å².